The smallest absolute Gasteiger partial charge is 0.330 e. The van der Waals surface area contributed by atoms with E-state index < -0.39 is 5.97 Å². The van der Waals surface area contributed by atoms with Crippen LogP contribution in [0, 0.1) is 39.4 Å². The zero-order valence-corrected chi connectivity index (χ0v) is 23.4. The van der Waals surface area contributed by atoms with Gasteiger partial charge in [0.2, 0.25) is 0 Å². The molecule has 0 bridgehead atoms. The zero-order chi connectivity index (χ0) is 26.0. The summed E-state index contributed by atoms with van der Waals surface area (Å²) in [5.41, 5.74) is 3.81. The Balaban J connectivity index is 1.68. The molecule has 196 valence electrons. The third-order valence-electron chi connectivity index (χ3n) is 11.9. The number of carboxylic acid groups (broad SMARTS) is 1. The molecule has 0 unspecified atom stereocenters. The molecule has 7 atom stereocenters. The number of carbonyl (C=O) groups excluding carboxylic acids is 1. The highest BCUT2D eigenvalue weighted by atomic mass is 16.5. The number of rotatable bonds is 6. The molecule has 0 amide bonds. The van der Waals surface area contributed by atoms with Crippen molar-refractivity contribution in [2.75, 3.05) is 7.11 Å². The molecule has 0 aromatic carbocycles. The fourth-order valence-corrected chi connectivity index (χ4v) is 9.44. The van der Waals surface area contributed by atoms with Gasteiger partial charge in [-0.15, -0.1) is 0 Å². The second-order valence-electron chi connectivity index (χ2n) is 13.6. The number of Topliss-reactive ketones (excluding diaryl/α,β-unsaturated/α-hetero) is 1. The molecular weight excluding hydrogens is 436 g/mol. The summed E-state index contributed by atoms with van der Waals surface area (Å²) in [6.07, 6.45) is 11.3. The number of ether oxygens (including phenoxy) is 1. The predicted octanol–water partition coefficient (Wildman–Crippen LogP) is 7.38. The standard InChI is InChI=1S/C31H48O4/c1-19(10-9-11-20(2)27(33)34)21-12-17-31(7)26-22(13-16-30(21,31)6)29(5)15-14-25(32)28(3,4)24(29)18-23(26)35-8/h11,19,21,23-24H,9-10,12-18H2,1-8H3,(H,33,34)/b20-11+/t19-,21-,23-,24+,29-,30-,31+/m1/s1. The van der Waals surface area contributed by atoms with E-state index >= 15 is 0 Å². The van der Waals surface area contributed by atoms with Crippen LogP contribution in [0.25, 0.3) is 0 Å². The van der Waals surface area contributed by atoms with Gasteiger partial charge in [0.1, 0.15) is 5.78 Å². The van der Waals surface area contributed by atoms with Crippen LogP contribution in [0.15, 0.2) is 22.8 Å². The SMILES string of the molecule is CO[C@@H]1C[C@H]2C(C)(C)C(=O)CC[C@]2(C)C2=C1[C@]1(C)CC[C@H]([C@H](C)CC/C=C(\C)C(=O)O)[C@@]1(C)CC2. The molecule has 0 aromatic rings. The first-order chi connectivity index (χ1) is 16.2. The highest BCUT2D eigenvalue weighted by Gasteiger charge is 2.65. The molecule has 0 spiro atoms. The Morgan fingerprint density at radius 3 is 2.46 bits per heavy atom. The van der Waals surface area contributed by atoms with E-state index in [-0.39, 0.29) is 27.8 Å². The first kappa shape index (κ1) is 26.6. The minimum atomic E-state index is -0.813. The van der Waals surface area contributed by atoms with Gasteiger partial charge in [0.15, 0.2) is 0 Å². The predicted molar refractivity (Wildman–Crippen MR) is 140 cm³/mol. The van der Waals surface area contributed by atoms with Gasteiger partial charge in [-0.1, -0.05) is 53.2 Å². The van der Waals surface area contributed by atoms with Crippen LogP contribution in [-0.2, 0) is 14.3 Å². The largest absolute Gasteiger partial charge is 0.478 e. The third kappa shape index (κ3) is 3.80. The molecule has 0 aliphatic heterocycles. The van der Waals surface area contributed by atoms with Gasteiger partial charge in [0.25, 0.3) is 0 Å². The Hall–Kier alpha value is -1.42. The Morgan fingerprint density at radius 2 is 1.83 bits per heavy atom. The van der Waals surface area contributed by atoms with E-state index in [1.807, 2.05) is 13.2 Å². The number of aliphatic carboxylic acids is 1. The van der Waals surface area contributed by atoms with E-state index in [2.05, 4.69) is 41.5 Å². The molecule has 2 saturated carbocycles. The van der Waals surface area contributed by atoms with Crippen LogP contribution in [0.3, 0.4) is 0 Å². The van der Waals surface area contributed by atoms with Crippen molar-refractivity contribution in [2.24, 2.45) is 39.4 Å². The summed E-state index contributed by atoms with van der Waals surface area (Å²) in [5.74, 6) is 1.14. The minimum Gasteiger partial charge on any atom is -0.478 e. The van der Waals surface area contributed by atoms with Crippen LogP contribution in [0.4, 0.5) is 0 Å². The monoisotopic (exact) mass is 484 g/mol. The number of fused-ring (bicyclic) bond motifs is 4. The molecule has 1 N–H and O–H groups in total. The maximum atomic E-state index is 13.0. The van der Waals surface area contributed by atoms with Gasteiger partial charge in [0, 0.05) is 24.5 Å². The quantitative estimate of drug-likeness (QED) is 0.316. The summed E-state index contributed by atoms with van der Waals surface area (Å²) in [5, 5.41) is 9.19. The second-order valence-corrected chi connectivity index (χ2v) is 13.6. The number of hydrogen-bond acceptors (Lipinski definition) is 3. The second kappa shape index (κ2) is 8.85. The molecule has 4 heteroatoms. The fourth-order valence-electron chi connectivity index (χ4n) is 9.44. The van der Waals surface area contributed by atoms with Crippen LogP contribution in [0.2, 0.25) is 0 Å². The molecular formula is C31H48O4. The fraction of sp³-hybridized carbons (Fsp3) is 0.806. The molecule has 0 aromatic heterocycles. The molecule has 4 aliphatic carbocycles. The van der Waals surface area contributed by atoms with Crippen molar-refractivity contribution in [1.82, 2.24) is 0 Å². The molecule has 4 aliphatic rings. The zero-order valence-electron chi connectivity index (χ0n) is 23.4. The number of carbonyl (C=O) groups is 2. The maximum absolute atomic E-state index is 13.0. The lowest BCUT2D eigenvalue weighted by Gasteiger charge is -2.62. The lowest BCUT2D eigenvalue weighted by molar-refractivity contribution is -0.142. The van der Waals surface area contributed by atoms with Gasteiger partial charge in [-0.05, 0) is 97.9 Å². The Bertz CT molecular complexity index is 957. The molecule has 4 rings (SSSR count). The first-order valence-electron chi connectivity index (χ1n) is 13.9. The molecule has 4 nitrogen and oxygen atoms in total. The van der Waals surface area contributed by atoms with Crippen molar-refractivity contribution < 1.29 is 19.4 Å². The third-order valence-corrected chi connectivity index (χ3v) is 11.9. The number of ketones is 1. The van der Waals surface area contributed by atoms with Gasteiger partial charge in [-0.2, -0.15) is 0 Å². The van der Waals surface area contributed by atoms with Crippen LogP contribution < -0.4 is 0 Å². The minimum absolute atomic E-state index is 0.0922. The highest BCUT2D eigenvalue weighted by Crippen LogP contribution is 2.72. The van der Waals surface area contributed by atoms with Crippen LogP contribution in [-0.4, -0.2) is 30.1 Å². The average Bonchev–Trinajstić information content (AvgIpc) is 3.07. The topological polar surface area (TPSA) is 63.6 Å². The Kier molecular flexibility index (Phi) is 6.74. The highest BCUT2D eigenvalue weighted by molar-refractivity contribution is 5.86. The van der Waals surface area contributed by atoms with Crippen molar-refractivity contribution in [3.8, 4) is 0 Å². The van der Waals surface area contributed by atoms with Crippen molar-refractivity contribution >= 4 is 11.8 Å². The lowest BCUT2D eigenvalue weighted by atomic mass is 9.43. The lowest BCUT2D eigenvalue weighted by Crippen LogP contribution is -2.57. The van der Waals surface area contributed by atoms with Crippen molar-refractivity contribution in [3.05, 3.63) is 22.8 Å². The number of hydrogen-bond donors (Lipinski definition) is 1. The van der Waals surface area contributed by atoms with Crippen molar-refractivity contribution in [3.63, 3.8) is 0 Å². The van der Waals surface area contributed by atoms with E-state index in [0.29, 0.717) is 35.5 Å². The van der Waals surface area contributed by atoms with Gasteiger partial charge in [-0.3, -0.25) is 4.79 Å². The Labute approximate surface area is 213 Å². The van der Waals surface area contributed by atoms with Crippen LogP contribution >= 0.6 is 0 Å². The molecule has 0 heterocycles. The average molecular weight is 485 g/mol. The van der Waals surface area contributed by atoms with Crippen molar-refractivity contribution in [2.45, 2.75) is 112 Å². The number of carboxylic acids is 1. The first-order valence-corrected chi connectivity index (χ1v) is 13.9. The number of allylic oxidation sites excluding steroid dienone is 2. The van der Waals surface area contributed by atoms with Gasteiger partial charge >= 0.3 is 5.97 Å². The van der Waals surface area contributed by atoms with Crippen LogP contribution in [0.5, 0.6) is 0 Å². The van der Waals surface area contributed by atoms with E-state index in [4.69, 9.17) is 4.74 Å². The summed E-state index contributed by atoms with van der Waals surface area (Å²) in [7, 11) is 1.87. The van der Waals surface area contributed by atoms with Gasteiger partial charge in [-0.25, -0.2) is 4.79 Å². The molecule has 2 fully saturated rings. The summed E-state index contributed by atoms with van der Waals surface area (Å²) in [4.78, 5) is 24.1. The van der Waals surface area contributed by atoms with E-state index in [1.165, 1.54) is 19.3 Å². The summed E-state index contributed by atoms with van der Waals surface area (Å²) >= 11 is 0. The summed E-state index contributed by atoms with van der Waals surface area (Å²) < 4.78 is 6.28. The van der Waals surface area contributed by atoms with Gasteiger partial charge in [0.05, 0.1) is 6.10 Å². The molecule has 35 heavy (non-hydrogen) atoms. The van der Waals surface area contributed by atoms with Gasteiger partial charge < -0.3 is 9.84 Å². The summed E-state index contributed by atoms with van der Waals surface area (Å²) in [6, 6.07) is 0. The molecule has 0 saturated heterocycles. The van der Waals surface area contributed by atoms with E-state index in [1.54, 1.807) is 18.1 Å². The van der Waals surface area contributed by atoms with Crippen LogP contribution in [0.1, 0.15) is 106 Å². The summed E-state index contributed by atoms with van der Waals surface area (Å²) in [6.45, 7) is 16.0. The Morgan fingerprint density at radius 1 is 1.14 bits per heavy atom. The normalized spacial score (nSPS) is 41.8. The maximum Gasteiger partial charge on any atom is 0.330 e. The van der Waals surface area contributed by atoms with E-state index in [9.17, 15) is 14.7 Å². The number of methoxy groups -OCH3 is 1. The van der Waals surface area contributed by atoms with Crippen molar-refractivity contribution in [1.29, 1.82) is 0 Å². The van der Waals surface area contributed by atoms with E-state index in [0.717, 1.165) is 32.1 Å². The molecule has 0 radical (unpaired) electrons.